The van der Waals surface area contributed by atoms with E-state index in [1.54, 1.807) is 11.3 Å². The minimum Gasteiger partial charge on any atom is -0.302 e. The van der Waals surface area contributed by atoms with E-state index in [2.05, 4.69) is 31.6 Å². The van der Waals surface area contributed by atoms with Crippen LogP contribution in [0.25, 0.3) is 10.2 Å². The van der Waals surface area contributed by atoms with E-state index in [1.807, 2.05) is 18.2 Å². The summed E-state index contributed by atoms with van der Waals surface area (Å²) >= 11 is 3.24. The normalized spacial score (nSPS) is 15.6. The first kappa shape index (κ1) is 19.5. The number of carbonyl (C=O) groups is 1. The van der Waals surface area contributed by atoms with Crippen LogP contribution < -0.4 is 5.32 Å². The van der Waals surface area contributed by atoms with Crippen molar-refractivity contribution in [3.8, 4) is 0 Å². The van der Waals surface area contributed by atoms with Gasteiger partial charge in [-0.05, 0) is 50.9 Å². The number of benzene rings is 1. The van der Waals surface area contributed by atoms with Gasteiger partial charge in [0.15, 0.2) is 5.13 Å². The van der Waals surface area contributed by atoms with Gasteiger partial charge in [0.2, 0.25) is 5.91 Å². The molecule has 4 rings (SSSR count). The molecular weight excluding hydrogens is 388 g/mol. The van der Waals surface area contributed by atoms with Crippen molar-refractivity contribution < 1.29 is 4.79 Å². The van der Waals surface area contributed by atoms with Crippen molar-refractivity contribution in [2.75, 3.05) is 18.4 Å². The van der Waals surface area contributed by atoms with Crippen molar-refractivity contribution >= 4 is 43.9 Å². The zero-order valence-electron chi connectivity index (χ0n) is 16.0. The van der Waals surface area contributed by atoms with Crippen LogP contribution >= 0.6 is 22.7 Å². The smallest absolute Gasteiger partial charge is 0.226 e. The van der Waals surface area contributed by atoms with E-state index in [-0.39, 0.29) is 5.91 Å². The summed E-state index contributed by atoms with van der Waals surface area (Å²) in [6.07, 6.45) is 7.38. The number of likely N-dealkylation sites (tertiary alicyclic amines) is 1. The Bertz CT molecular complexity index is 879. The van der Waals surface area contributed by atoms with Crippen LogP contribution in [-0.4, -0.2) is 33.9 Å². The Balaban J connectivity index is 1.22. The van der Waals surface area contributed by atoms with E-state index in [9.17, 15) is 4.79 Å². The van der Waals surface area contributed by atoms with Crippen molar-refractivity contribution in [1.82, 2.24) is 14.9 Å². The molecule has 0 saturated carbocycles. The second-order valence-corrected chi connectivity index (χ2v) is 9.28. The number of anilines is 1. The Labute approximate surface area is 173 Å². The molecule has 2 aromatic heterocycles. The molecule has 1 aromatic carbocycles. The van der Waals surface area contributed by atoms with E-state index in [0.29, 0.717) is 6.42 Å². The Morgan fingerprint density at radius 1 is 1.11 bits per heavy atom. The molecule has 0 spiro atoms. The lowest BCUT2D eigenvalue weighted by Crippen LogP contribution is -2.24. The van der Waals surface area contributed by atoms with Crippen molar-refractivity contribution in [2.45, 2.75) is 51.5 Å². The molecule has 1 amide bonds. The second kappa shape index (κ2) is 9.58. The molecule has 1 fully saturated rings. The number of aromatic nitrogens is 2. The van der Waals surface area contributed by atoms with Crippen LogP contribution in [0.5, 0.6) is 0 Å². The summed E-state index contributed by atoms with van der Waals surface area (Å²) in [5.74, 6) is 0.0387. The maximum absolute atomic E-state index is 12.2. The third kappa shape index (κ3) is 5.37. The maximum Gasteiger partial charge on any atom is 0.226 e. The highest BCUT2D eigenvalue weighted by Crippen LogP contribution is 2.23. The number of thiazole rings is 2. The molecule has 0 atom stereocenters. The number of para-hydroxylation sites is 1. The fourth-order valence-corrected chi connectivity index (χ4v) is 5.30. The van der Waals surface area contributed by atoms with Crippen molar-refractivity contribution in [1.29, 1.82) is 0 Å². The Kier molecular flexibility index (Phi) is 6.67. The van der Waals surface area contributed by atoms with Crippen LogP contribution in [0.3, 0.4) is 0 Å². The molecule has 0 unspecified atom stereocenters. The highest BCUT2D eigenvalue weighted by atomic mass is 32.1. The van der Waals surface area contributed by atoms with Gasteiger partial charge in [0, 0.05) is 18.3 Å². The van der Waals surface area contributed by atoms with Gasteiger partial charge in [-0.15, -0.1) is 22.7 Å². The molecule has 7 heteroatoms. The average molecular weight is 415 g/mol. The number of nitrogens with zero attached hydrogens (tertiary/aromatic N) is 3. The lowest BCUT2D eigenvalue weighted by molar-refractivity contribution is -0.116. The minimum absolute atomic E-state index is 0.0387. The topological polar surface area (TPSA) is 58.1 Å². The quantitative estimate of drug-likeness (QED) is 0.585. The first-order valence-corrected chi connectivity index (χ1v) is 11.8. The number of hydrogen-bond donors (Lipinski definition) is 1. The summed E-state index contributed by atoms with van der Waals surface area (Å²) in [5, 5.41) is 6.85. The molecule has 0 aliphatic carbocycles. The van der Waals surface area contributed by atoms with Crippen LogP contribution in [0, 0.1) is 0 Å². The standard InChI is InChI=1S/C21H26N4OS2/c26-19(10-7-11-20-23-17-8-3-4-9-18(17)28-20)24-21-22-16(15-27-21)14-25-12-5-1-2-6-13-25/h3-4,8-9,15H,1-2,5-7,10-14H2,(H,22,24,26). The number of aryl methyl sites for hydroxylation is 1. The van der Waals surface area contributed by atoms with Gasteiger partial charge in [0.25, 0.3) is 0 Å². The Hall–Kier alpha value is -1.83. The number of amides is 1. The van der Waals surface area contributed by atoms with Gasteiger partial charge >= 0.3 is 0 Å². The van der Waals surface area contributed by atoms with Gasteiger partial charge in [-0.25, -0.2) is 9.97 Å². The SMILES string of the molecule is O=C(CCCc1nc2ccccc2s1)Nc1nc(CN2CCCCCC2)cs1. The molecule has 148 valence electrons. The van der Waals surface area contributed by atoms with E-state index in [0.717, 1.165) is 53.8 Å². The van der Waals surface area contributed by atoms with Gasteiger partial charge in [-0.1, -0.05) is 25.0 Å². The lowest BCUT2D eigenvalue weighted by atomic mass is 10.2. The molecule has 0 bridgehead atoms. The monoisotopic (exact) mass is 414 g/mol. The summed E-state index contributed by atoms with van der Waals surface area (Å²) in [6, 6.07) is 8.17. The molecule has 1 aliphatic heterocycles. The molecule has 1 aliphatic rings. The molecule has 28 heavy (non-hydrogen) atoms. The summed E-state index contributed by atoms with van der Waals surface area (Å²) in [4.78, 5) is 24.0. The molecule has 1 N–H and O–H groups in total. The molecule has 5 nitrogen and oxygen atoms in total. The van der Waals surface area contributed by atoms with Crippen LogP contribution in [0.2, 0.25) is 0 Å². The number of nitrogens with one attached hydrogen (secondary N) is 1. The third-order valence-corrected chi connectivity index (χ3v) is 6.92. The van der Waals surface area contributed by atoms with Crippen LogP contribution in [0.15, 0.2) is 29.6 Å². The van der Waals surface area contributed by atoms with Crippen molar-refractivity contribution in [3.05, 3.63) is 40.3 Å². The highest BCUT2D eigenvalue weighted by molar-refractivity contribution is 7.18. The maximum atomic E-state index is 12.2. The van der Waals surface area contributed by atoms with Crippen molar-refractivity contribution in [2.24, 2.45) is 0 Å². The summed E-state index contributed by atoms with van der Waals surface area (Å²) in [6.45, 7) is 3.21. The third-order valence-electron chi connectivity index (χ3n) is 5.02. The van der Waals surface area contributed by atoms with Crippen molar-refractivity contribution in [3.63, 3.8) is 0 Å². The lowest BCUT2D eigenvalue weighted by Gasteiger charge is -2.17. The van der Waals surface area contributed by atoms with Gasteiger partial charge < -0.3 is 5.32 Å². The summed E-state index contributed by atoms with van der Waals surface area (Å²) in [5.41, 5.74) is 2.11. The van der Waals surface area contributed by atoms with E-state index in [4.69, 9.17) is 0 Å². The first-order valence-electron chi connectivity index (χ1n) is 10.1. The number of rotatable bonds is 7. The fraction of sp³-hybridized carbons (Fsp3) is 0.476. The zero-order chi connectivity index (χ0) is 19.2. The largest absolute Gasteiger partial charge is 0.302 e. The Morgan fingerprint density at radius 3 is 2.75 bits per heavy atom. The minimum atomic E-state index is 0.0387. The molecule has 1 saturated heterocycles. The molecule has 0 radical (unpaired) electrons. The van der Waals surface area contributed by atoms with Gasteiger partial charge in [0.05, 0.1) is 20.9 Å². The van der Waals surface area contributed by atoms with E-state index >= 15 is 0 Å². The second-order valence-electron chi connectivity index (χ2n) is 7.31. The highest BCUT2D eigenvalue weighted by Gasteiger charge is 2.13. The molecule has 3 heterocycles. The zero-order valence-corrected chi connectivity index (χ0v) is 17.7. The van der Waals surface area contributed by atoms with Gasteiger partial charge in [0.1, 0.15) is 0 Å². The Morgan fingerprint density at radius 2 is 1.93 bits per heavy atom. The van der Waals surface area contributed by atoms with Gasteiger partial charge in [-0.3, -0.25) is 9.69 Å². The fourth-order valence-electron chi connectivity index (χ4n) is 3.57. The summed E-state index contributed by atoms with van der Waals surface area (Å²) in [7, 11) is 0. The predicted octanol–water partition coefficient (Wildman–Crippen LogP) is 5.09. The van der Waals surface area contributed by atoms with E-state index in [1.165, 1.54) is 41.7 Å². The number of fused-ring (bicyclic) bond motifs is 1. The van der Waals surface area contributed by atoms with E-state index < -0.39 is 0 Å². The predicted molar refractivity (Wildman–Crippen MR) is 117 cm³/mol. The average Bonchev–Trinajstić information content (AvgIpc) is 3.21. The first-order chi connectivity index (χ1) is 13.8. The van der Waals surface area contributed by atoms with Crippen LogP contribution in [0.4, 0.5) is 5.13 Å². The molecule has 3 aromatic rings. The number of hydrogen-bond acceptors (Lipinski definition) is 6. The van der Waals surface area contributed by atoms with Crippen LogP contribution in [-0.2, 0) is 17.8 Å². The molecular formula is C21H26N4OS2. The van der Waals surface area contributed by atoms with Gasteiger partial charge in [-0.2, -0.15) is 0 Å². The number of carbonyl (C=O) groups excluding carboxylic acids is 1. The summed E-state index contributed by atoms with van der Waals surface area (Å²) < 4.78 is 1.21. The van der Waals surface area contributed by atoms with Crippen LogP contribution in [0.1, 0.15) is 49.2 Å².